The van der Waals surface area contributed by atoms with E-state index in [9.17, 15) is 10.1 Å². The number of anilines is 1. The van der Waals surface area contributed by atoms with Crippen molar-refractivity contribution in [1.82, 2.24) is 0 Å². The number of ether oxygens (including phenoxy) is 4. The topological polar surface area (TPSA) is 89.8 Å². The van der Waals surface area contributed by atoms with Crippen LogP contribution in [0.1, 0.15) is 12.5 Å². The number of amides is 1. The average molecular weight is 382 g/mol. The molecule has 0 atom stereocenters. The maximum Gasteiger partial charge on any atom is 0.266 e. The van der Waals surface area contributed by atoms with Crippen molar-refractivity contribution in [1.29, 1.82) is 5.26 Å². The SMILES string of the molecule is CCOc1ccc(NC(=O)/C(C#N)=C/c2cc(OC)c(OC)cc2OC)cc1. The van der Waals surface area contributed by atoms with Gasteiger partial charge in [-0.3, -0.25) is 4.79 Å². The minimum atomic E-state index is -0.538. The molecule has 0 fully saturated rings. The normalized spacial score (nSPS) is 10.6. The molecule has 0 unspecified atom stereocenters. The Balaban J connectivity index is 2.29. The van der Waals surface area contributed by atoms with E-state index in [0.29, 0.717) is 40.9 Å². The van der Waals surface area contributed by atoms with Crippen LogP contribution in [0.25, 0.3) is 6.08 Å². The first-order valence-corrected chi connectivity index (χ1v) is 8.52. The minimum absolute atomic E-state index is 0.0839. The number of carbonyl (C=O) groups excluding carboxylic acids is 1. The van der Waals surface area contributed by atoms with Crippen molar-refractivity contribution in [3.8, 4) is 29.1 Å². The van der Waals surface area contributed by atoms with Gasteiger partial charge in [-0.05, 0) is 43.3 Å². The Morgan fingerprint density at radius 2 is 1.64 bits per heavy atom. The van der Waals surface area contributed by atoms with E-state index in [4.69, 9.17) is 18.9 Å². The molecule has 1 N–H and O–H groups in total. The Bertz CT molecular complexity index is 898. The first kappa shape index (κ1) is 20.6. The molecule has 0 heterocycles. The van der Waals surface area contributed by atoms with Crippen LogP contribution in [0.15, 0.2) is 42.0 Å². The number of hydrogen-bond donors (Lipinski definition) is 1. The molecule has 0 aliphatic carbocycles. The third-order valence-electron chi connectivity index (χ3n) is 3.82. The zero-order chi connectivity index (χ0) is 20.5. The van der Waals surface area contributed by atoms with E-state index in [1.54, 1.807) is 36.4 Å². The van der Waals surface area contributed by atoms with Gasteiger partial charge in [0.1, 0.15) is 23.1 Å². The summed E-state index contributed by atoms with van der Waals surface area (Å²) in [6.07, 6.45) is 1.44. The molecule has 2 rings (SSSR count). The second-order valence-corrected chi connectivity index (χ2v) is 5.53. The molecule has 0 spiro atoms. The molecule has 0 radical (unpaired) electrons. The van der Waals surface area contributed by atoms with Crippen molar-refractivity contribution in [2.75, 3.05) is 33.3 Å². The van der Waals surface area contributed by atoms with Gasteiger partial charge in [0.2, 0.25) is 0 Å². The number of nitriles is 1. The van der Waals surface area contributed by atoms with Crippen molar-refractivity contribution in [2.45, 2.75) is 6.92 Å². The molecule has 0 saturated carbocycles. The molecule has 0 aliphatic heterocycles. The third-order valence-corrected chi connectivity index (χ3v) is 3.82. The maximum absolute atomic E-state index is 12.5. The molecule has 7 nitrogen and oxygen atoms in total. The second-order valence-electron chi connectivity index (χ2n) is 5.53. The summed E-state index contributed by atoms with van der Waals surface area (Å²) in [7, 11) is 4.50. The molecule has 1 amide bonds. The number of carbonyl (C=O) groups is 1. The average Bonchev–Trinajstić information content (AvgIpc) is 2.72. The van der Waals surface area contributed by atoms with Crippen LogP contribution in [-0.2, 0) is 4.79 Å². The number of rotatable bonds is 8. The van der Waals surface area contributed by atoms with E-state index in [1.807, 2.05) is 13.0 Å². The van der Waals surface area contributed by atoms with Crippen LogP contribution in [0, 0.1) is 11.3 Å². The highest BCUT2D eigenvalue weighted by molar-refractivity contribution is 6.09. The molecule has 0 aliphatic rings. The Labute approximate surface area is 164 Å². The van der Waals surface area contributed by atoms with Gasteiger partial charge in [0.15, 0.2) is 11.5 Å². The fourth-order valence-corrected chi connectivity index (χ4v) is 2.47. The second kappa shape index (κ2) is 9.88. The van der Waals surface area contributed by atoms with Crippen molar-refractivity contribution < 1.29 is 23.7 Å². The molecule has 2 aromatic carbocycles. The number of nitrogens with zero attached hydrogens (tertiary/aromatic N) is 1. The molecule has 2 aromatic rings. The minimum Gasteiger partial charge on any atom is -0.496 e. The fraction of sp³-hybridized carbons (Fsp3) is 0.238. The van der Waals surface area contributed by atoms with Crippen LogP contribution in [0.4, 0.5) is 5.69 Å². The zero-order valence-corrected chi connectivity index (χ0v) is 16.2. The molecule has 0 saturated heterocycles. The Morgan fingerprint density at radius 1 is 1.04 bits per heavy atom. The summed E-state index contributed by atoms with van der Waals surface area (Å²) < 4.78 is 21.2. The predicted octanol–water partition coefficient (Wildman–Crippen LogP) is 3.66. The summed E-state index contributed by atoms with van der Waals surface area (Å²) in [6.45, 7) is 2.45. The van der Waals surface area contributed by atoms with Crippen molar-refractivity contribution in [2.24, 2.45) is 0 Å². The molecular formula is C21H22N2O5. The molecule has 7 heteroatoms. The largest absolute Gasteiger partial charge is 0.496 e. The molecule has 0 aromatic heterocycles. The van der Waals surface area contributed by atoms with Gasteiger partial charge in [0, 0.05) is 17.3 Å². The first-order chi connectivity index (χ1) is 13.6. The fourth-order valence-electron chi connectivity index (χ4n) is 2.47. The van der Waals surface area contributed by atoms with Gasteiger partial charge >= 0.3 is 0 Å². The first-order valence-electron chi connectivity index (χ1n) is 8.52. The highest BCUT2D eigenvalue weighted by atomic mass is 16.5. The summed E-state index contributed by atoms with van der Waals surface area (Å²) in [5, 5.41) is 12.1. The molecule has 146 valence electrons. The summed E-state index contributed by atoms with van der Waals surface area (Å²) >= 11 is 0. The standard InChI is InChI=1S/C21H22N2O5/c1-5-28-17-8-6-16(7-9-17)23-21(24)15(13-22)10-14-11-19(26-3)20(27-4)12-18(14)25-2/h6-12H,5H2,1-4H3,(H,23,24)/b15-10+. The summed E-state index contributed by atoms with van der Waals surface area (Å²) in [6, 6.07) is 12.1. The van der Waals surface area contributed by atoms with Gasteiger partial charge in [-0.15, -0.1) is 0 Å². The van der Waals surface area contributed by atoms with Crippen LogP contribution in [0.3, 0.4) is 0 Å². The molecule has 0 bridgehead atoms. The Morgan fingerprint density at radius 3 is 2.18 bits per heavy atom. The van der Waals surface area contributed by atoms with Gasteiger partial charge in [0.25, 0.3) is 5.91 Å². The van der Waals surface area contributed by atoms with Crippen LogP contribution in [0.2, 0.25) is 0 Å². The van der Waals surface area contributed by atoms with Crippen LogP contribution in [0.5, 0.6) is 23.0 Å². The lowest BCUT2D eigenvalue weighted by Gasteiger charge is -2.12. The van der Waals surface area contributed by atoms with E-state index < -0.39 is 5.91 Å². The van der Waals surface area contributed by atoms with Gasteiger partial charge in [-0.2, -0.15) is 5.26 Å². The smallest absolute Gasteiger partial charge is 0.266 e. The van der Waals surface area contributed by atoms with Gasteiger partial charge in [0.05, 0.1) is 27.9 Å². The number of benzene rings is 2. The van der Waals surface area contributed by atoms with E-state index in [1.165, 1.54) is 27.4 Å². The van der Waals surface area contributed by atoms with E-state index >= 15 is 0 Å². The van der Waals surface area contributed by atoms with E-state index in [2.05, 4.69) is 5.32 Å². The highest BCUT2D eigenvalue weighted by Crippen LogP contribution is 2.35. The molecular weight excluding hydrogens is 360 g/mol. The van der Waals surface area contributed by atoms with Gasteiger partial charge in [-0.1, -0.05) is 0 Å². The zero-order valence-electron chi connectivity index (χ0n) is 16.2. The number of hydrogen-bond acceptors (Lipinski definition) is 6. The lowest BCUT2D eigenvalue weighted by molar-refractivity contribution is -0.112. The summed E-state index contributed by atoms with van der Waals surface area (Å²) in [4.78, 5) is 12.5. The predicted molar refractivity (Wildman–Crippen MR) is 106 cm³/mol. The van der Waals surface area contributed by atoms with Crippen molar-refractivity contribution >= 4 is 17.7 Å². The van der Waals surface area contributed by atoms with Gasteiger partial charge < -0.3 is 24.3 Å². The van der Waals surface area contributed by atoms with Crippen molar-refractivity contribution in [3.05, 3.63) is 47.5 Å². The van der Waals surface area contributed by atoms with Crippen LogP contribution >= 0.6 is 0 Å². The summed E-state index contributed by atoms with van der Waals surface area (Å²) in [5.41, 5.74) is 0.979. The highest BCUT2D eigenvalue weighted by Gasteiger charge is 2.15. The quantitative estimate of drug-likeness (QED) is 0.554. The third kappa shape index (κ3) is 4.95. The van der Waals surface area contributed by atoms with E-state index in [-0.39, 0.29) is 5.57 Å². The number of methoxy groups -OCH3 is 3. The Hall–Kier alpha value is -3.66. The Kier molecular flexibility index (Phi) is 7.28. The van der Waals surface area contributed by atoms with Crippen LogP contribution < -0.4 is 24.3 Å². The maximum atomic E-state index is 12.5. The van der Waals surface area contributed by atoms with Crippen LogP contribution in [-0.4, -0.2) is 33.8 Å². The number of nitrogens with one attached hydrogen (secondary N) is 1. The summed E-state index contributed by atoms with van der Waals surface area (Å²) in [5.74, 6) is 1.54. The van der Waals surface area contributed by atoms with Crippen molar-refractivity contribution in [3.63, 3.8) is 0 Å². The van der Waals surface area contributed by atoms with Gasteiger partial charge in [-0.25, -0.2) is 0 Å². The lowest BCUT2D eigenvalue weighted by Crippen LogP contribution is -2.13. The monoisotopic (exact) mass is 382 g/mol. The van der Waals surface area contributed by atoms with E-state index in [0.717, 1.165) is 0 Å². The molecule has 28 heavy (non-hydrogen) atoms. The lowest BCUT2D eigenvalue weighted by atomic mass is 10.1.